The number of hydrogen-bond donors (Lipinski definition) is 0. The van der Waals surface area contributed by atoms with Crippen LogP contribution in [0.2, 0.25) is 0 Å². The van der Waals surface area contributed by atoms with E-state index in [1.54, 1.807) is 12.1 Å². The van der Waals surface area contributed by atoms with E-state index in [1.165, 1.54) is 12.1 Å². The molecule has 0 atom stereocenters. The highest BCUT2D eigenvalue weighted by Crippen LogP contribution is 2.21. The third-order valence-electron chi connectivity index (χ3n) is 2.59. The summed E-state index contributed by atoms with van der Waals surface area (Å²) in [6, 6.07) is 16.3. The molecule has 4 heteroatoms. The lowest BCUT2D eigenvalue weighted by Crippen LogP contribution is -1.86. The summed E-state index contributed by atoms with van der Waals surface area (Å²) in [5, 5.41) is 10.5. The Kier molecular flexibility index (Phi) is 7.00. The van der Waals surface area contributed by atoms with Crippen LogP contribution in [0.15, 0.2) is 54.6 Å². The molecule has 0 heterocycles. The fraction of sp³-hybridized carbons (Fsp3) is 0.250. The number of rotatable bonds is 4. The van der Waals surface area contributed by atoms with Crippen LogP contribution in [0, 0.1) is 10.1 Å². The second kappa shape index (κ2) is 8.82. The molecule has 0 saturated heterocycles. The first kappa shape index (κ1) is 15.9. The minimum Gasteiger partial charge on any atom is -0.382 e. The van der Waals surface area contributed by atoms with Crippen LogP contribution in [0.4, 0.5) is 5.69 Å². The fourth-order valence-electron chi connectivity index (χ4n) is 1.61. The molecule has 2 aromatic rings. The summed E-state index contributed by atoms with van der Waals surface area (Å²) in [5.41, 5.74) is 2.17. The van der Waals surface area contributed by atoms with E-state index in [9.17, 15) is 10.1 Å². The minimum atomic E-state index is -0.394. The highest BCUT2D eigenvalue weighted by Gasteiger charge is 2.04. The van der Waals surface area contributed by atoms with Crippen molar-refractivity contribution in [3.63, 3.8) is 0 Å². The zero-order valence-corrected chi connectivity index (χ0v) is 11.8. The summed E-state index contributed by atoms with van der Waals surface area (Å²) >= 11 is 0. The first-order valence-electron chi connectivity index (χ1n) is 6.56. The molecule has 0 unspecified atom stereocenters. The first-order valence-corrected chi connectivity index (χ1v) is 6.56. The van der Waals surface area contributed by atoms with E-state index in [-0.39, 0.29) is 5.69 Å². The topological polar surface area (TPSA) is 52.4 Å². The van der Waals surface area contributed by atoms with Gasteiger partial charge in [0, 0.05) is 25.3 Å². The lowest BCUT2D eigenvalue weighted by molar-refractivity contribution is -0.384. The molecule has 0 aliphatic heterocycles. The van der Waals surface area contributed by atoms with Gasteiger partial charge in [0.1, 0.15) is 0 Å². The Morgan fingerprint density at radius 2 is 1.40 bits per heavy atom. The zero-order chi connectivity index (χ0) is 14.8. The standard InChI is InChI=1S/C12H9NO2.C4H10O/c14-13(15)12-8-6-11(7-9-12)10-4-2-1-3-5-10;1-3-5-4-2/h1-9H;3-4H2,1-2H3. The van der Waals surface area contributed by atoms with Gasteiger partial charge in [-0.15, -0.1) is 0 Å². The molecule has 0 fully saturated rings. The third kappa shape index (κ3) is 5.20. The molecule has 2 rings (SSSR count). The van der Waals surface area contributed by atoms with Crippen LogP contribution in [0.25, 0.3) is 11.1 Å². The normalized spacial score (nSPS) is 9.50. The number of nitrogens with zero attached hydrogens (tertiary/aromatic N) is 1. The van der Waals surface area contributed by atoms with E-state index in [0.29, 0.717) is 0 Å². The van der Waals surface area contributed by atoms with Gasteiger partial charge in [-0.1, -0.05) is 30.3 Å². The maximum absolute atomic E-state index is 10.5. The Morgan fingerprint density at radius 1 is 0.900 bits per heavy atom. The zero-order valence-electron chi connectivity index (χ0n) is 11.8. The van der Waals surface area contributed by atoms with E-state index in [4.69, 9.17) is 4.74 Å². The summed E-state index contributed by atoms with van der Waals surface area (Å²) < 4.78 is 4.83. The monoisotopic (exact) mass is 273 g/mol. The molecule has 0 N–H and O–H groups in total. The van der Waals surface area contributed by atoms with Crippen LogP contribution in [0.5, 0.6) is 0 Å². The van der Waals surface area contributed by atoms with Gasteiger partial charge in [0.2, 0.25) is 0 Å². The molecule has 2 aromatic carbocycles. The lowest BCUT2D eigenvalue weighted by atomic mass is 10.1. The van der Waals surface area contributed by atoms with Crippen molar-refractivity contribution in [2.75, 3.05) is 13.2 Å². The lowest BCUT2D eigenvalue weighted by Gasteiger charge is -1.99. The summed E-state index contributed by atoms with van der Waals surface area (Å²) in [4.78, 5) is 10.1. The SMILES string of the molecule is CCOCC.O=[N+]([O-])c1ccc(-c2ccccc2)cc1. The van der Waals surface area contributed by atoms with Crippen molar-refractivity contribution in [1.82, 2.24) is 0 Å². The van der Waals surface area contributed by atoms with E-state index in [1.807, 2.05) is 44.2 Å². The van der Waals surface area contributed by atoms with E-state index in [2.05, 4.69) is 0 Å². The summed E-state index contributed by atoms with van der Waals surface area (Å²) in [6.45, 7) is 5.67. The van der Waals surface area contributed by atoms with Gasteiger partial charge in [0.25, 0.3) is 5.69 Å². The maximum Gasteiger partial charge on any atom is 0.269 e. The van der Waals surface area contributed by atoms with Crippen molar-refractivity contribution in [2.24, 2.45) is 0 Å². The molecule has 0 aliphatic carbocycles. The van der Waals surface area contributed by atoms with Crippen LogP contribution >= 0.6 is 0 Å². The number of nitro benzene ring substituents is 1. The maximum atomic E-state index is 10.5. The summed E-state index contributed by atoms with van der Waals surface area (Å²) in [6.07, 6.45) is 0. The van der Waals surface area contributed by atoms with Crippen molar-refractivity contribution >= 4 is 5.69 Å². The number of ether oxygens (including phenoxy) is 1. The molecular formula is C16H19NO3. The van der Waals surface area contributed by atoms with Gasteiger partial charge < -0.3 is 4.74 Å². The summed E-state index contributed by atoms with van der Waals surface area (Å²) in [5.74, 6) is 0. The van der Waals surface area contributed by atoms with Gasteiger partial charge in [-0.3, -0.25) is 10.1 Å². The highest BCUT2D eigenvalue weighted by molar-refractivity contribution is 5.64. The van der Waals surface area contributed by atoms with Crippen LogP contribution in [-0.2, 0) is 4.74 Å². The van der Waals surface area contributed by atoms with Crippen LogP contribution < -0.4 is 0 Å². The second-order valence-corrected chi connectivity index (χ2v) is 3.95. The Bertz CT molecular complexity index is 507. The Labute approximate surface area is 119 Å². The number of nitro groups is 1. The molecular weight excluding hydrogens is 254 g/mol. The number of hydrogen-bond acceptors (Lipinski definition) is 3. The van der Waals surface area contributed by atoms with Crippen molar-refractivity contribution in [1.29, 1.82) is 0 Å². The van der Waals surface area contributed by atoms with Gasteiger partial charge in [-0.05, 0) is 37.1 Å². The van der Waals surface area contributed by atoms with Gasteiger partial charge in [0.15, 0.2) is 0 Å². The Hall–Kier alpha value is -2.20. The van der Waals surface area contributed by atoms with Gasteiger partial charge in [0.05, 0.1) is 4.92 Å². The molecule has 20 heavy (non-hydrogen) atoms. The van der Waals surface area contributed by atoms with Crippen LogP contribution in [0.3, 0.4) is 0 Å². The molecule has 106 valence electrons. The number of non-ortho nitro benzene ring substituents is 1. The molecule has 0 radical (unpaired) electrons. The van der Waals surface area contributed by atoms with Crippen molar-refractivity contribution in [3.8, 4) is 11.1 Å². The largest absolute Gasteiger partial charge is 0.382 e. The summed E-state index contributed by atoms with van der Waals surface area (Å²) in [7, 11) is 0. The minimum absolute atomic E-state index is 0.120. The predicted octanol–water partition coefficient (Wildman–Crippen LogP) is 4.30. The molecule has 0 saturated carbocycles. The molecule has 0 bridgehead atoms. The van der Waals surface area contributed by atoms with Crippen molar-refractivity contribution < 1.29 is 9.66 Å². The average molecular weight is 273 g/mol. The number of benzene rings is 2. The van der Waals surface area contributed by atoms with Crippen molar-refractivity contribution in [3.05, 3.63) is 64.7 Å². The second-order valence-electron chi connectivity index (χ2n) is 3.95. The third-order valence-corrected chi connectivity index (χ3v) is 2.59. The first-order chi connectivity index (χ1) is 9.69. The van der Waals surface area contributed by atoms with Gasteiger partial charge in [-0.2, -0.15) is 0 Å². The molecule has 0 spiro atoms. The van der Waals surface area contributed by atoms with E-state index >= 15 is 0 Å². The fourth-order valence-corrected chi connectivity index (χ4v) is 1.61. The quantitative estimate of drug-likeness (QED) is 0.616. The molecule has 0 aromatic heterocycles. The van der Waals surface area contributed by atoms with E-state index < -0.39 is 4.92 Å². The Balaban J connectivity index is 0.000000347. The Morgan fingerprint density at radius 3 is 1.80 bits per heavy atom. The highest BCUT2D eigenvalue weighted by atomic mass is 16.6. The average Bonchev–Trinajstić information content (AvgIpc) is 2.50. The van der Waals surface area contributed by atoms with Gasteiger partial charge in [-0.25, -0.2) is 0 Å². The van der Waals surface area contributed by atoms with Crippen LogP contribution in [-0.4, -0.2) is 18.1 Å². The van der Waals surface area contributed by atoms with Crippen LogP contribution in [0.1, 0.15) is 13.8 Å². The molecule has 4 nitrogen and oxygen atoms in total. The predicted molar refractivity (Wildman–Crippen MR) is 80.7 cm³/mol. The molecule has 0 aliphatic rings. The smallest absolute Gasteiger partial charge is 0.269 e. The van der Waals surface area contributed by atoms with Gasteiger partial charge >= 0.3 is 0 Å². The van der Waals surface area contributed by atoms with Crippen molar-refractivity contribution in [2.45, 2.75) is 13.8 Å². The van der Waals surface area contributed by atoms with E-state index in [0.717, 1.165) is 24.3 Å². The molecule has 0 amide bonds.